The first kappa shape index (κ1) is 25.7. The summed E-state index contributed by atoms with van der Waals surface area (Å²) in [4.78, 5) is 7.87. The number of pyridine rings is 1. The summed E-state index contributed by atoms with van der Waals surface area (Å²) in [5.74, 6) is 1.05. The second-order valence-corrected chi connectivity index (χ2v) is 6.08. The molecule has 27 heavy (non-hydrogen) atoms. The van der Waals surface area contributed by atoms with Gasteiger partial charge in [-0.15, -0.1) is 24.0 Å². The molecule has 0 aliphatic heterocycles. The van der Waals surface area contributed by atoms with Gasteiger partial charge in [0.05, 0.1) is 0 Å². The lowest BCUT2D eigenvalue weighted by atomic mass is 10.2. The lowest BCUT2D eigenvalue weighted by Gasteiger charge is -2.13. The van der Waals surface area contributed by atoms with Crippen molar-refractivity contribution in [1.82, 2.24) is 15.6 Å². The Bertz CT molecular complexity index is 557. The van der Waals surface area contributed by atoms with Crippen molar-refractivity contribution in [3.63, 3.8) is 0 Å². The van der Waals surface area contributed by atoms with E-state index in [1.807, 2.05) is 0 Å². The van der Waals surface area contributed by atoms with Gasteiger partial charge in [0.15, 0.2) is 12.6 Å². The monoisotopic (exact) mass is 504 g/mol. The molecule has 1 rings (SSSR count). The first-order valence-electron chi connectivity index (χ1n) is 8.47. The first-order valence-corrected chi connectivity index (χ1v) is 8.47. The Labute approximate surface area is 175 Å². The van der Waals surface area contributed by atoms with Crippen LogP contribution in [0.4, 0.5) is 13.2 Å². The zero-order valence-electron chi connectivity index (χ0n) is 15.8. The molecule has 0 bridgehead atoms. The summed E-state index contributed by atoms with van der Waals surface area (Å²) in [7, 11) is 1.65. The number of alkyl halides is 3. The number of halogens is 4. The molecule has 0 saturated carbocycles. The molecule has 2 N–H and O–H groups in total. The van der Waals surface area contributed by atoms with Gasteiger partial charge in [0.25, 0.3) is 0 Å². The van der Waals surface area contributed by atoms with Crippen molar-refractivity contribution in [2.24, 2.45) is 10.9 Å². The second kappa shape index (κ2) is 13.8. The van der Waals surface area contributed by atoms with Crippen molar-refractivity contribution in [1.29, 1.82) is 0 Å². The largest absolute Gasteiger partial charge is 0.468 e. The second-order valence-electron chi connectivity index (χ2n) is 6.08. The number of aromatic nitrogens is 1. The highest BCUT2D eigenvalue weighted by atomic mass is 127. The van der Waals surface area contributed by atoms with E-state index < -0.39 is 12.8 Å². The van der Waals surface area contributed by atoms with Gasteiger partial charge in [0, 0.05) is 45.6 Å². The van der Waals surface area contributed by atoms with Crippen LogP contribution in [0.15, 0.2) is 23.3 Å². The Hall–Kier alpha value is -1.30. The van der Waals surface area contributed by atoms with Crippen LogP contribution in [0, 0.1) is 5.92 Å². The van der Waals surface area contributed by atoms with Crippen LogP contribution in [0.2, 0.25) is 0 Å². The molecule has 1 aromatic heterocycles. The number of nitrogens with one attached hydrogen (secondary N) is 2. The van der Waals surface area contributed by atoms with Crippen molar-refractivity contribution < 1.29 is 22.6 Å². The molecule has 0 saturated heterocycles. The number of ether oxygens (including phenoxy) is 2. The van der Waals surface area contributed by atoms with Gasteiger partial charge in [0.1, 0.15) is 0 Å². The zero-order chi connectivity index (χ0) is 19.4. The molecule has 10 heteroatoms. The Balaban J connectivity index is 0.00000676. The van der Waals surface area contributed by atoms with E-state index in [0.29, 0.717) is 31.6 Å². The van der Waals surface area contributed by atoms with Crippen LogP contribution in [0.1, 0.15) is 25.8 Å². The van der Waals surface area contributed by atoms with Crippen LogP contribution >= 0.6 is 24.0 Å². The van der Waals surface area contributed by atoms with Gasteiger partial charge in [-0.25, -0.2) is 4.98 Å². The van der Waals surface area contributed by atoms with Gasteiger partial charge >= 0.3 is 6.18 Å². The molecular formula is C17H28F3IN4O2. The van der Waals surface area contributed by atoms with Crippen LogP contribution in [0.25, 0.3) is 0 Å². The Morgan fingerprint density at radius 2 is 2.04 bits per heavy atom. The summed E-state index contributed by atoms with van der Waals surface area (Å²) < 4.78 is 46.7. The van der Waals surface area contributed by atoms with Crippen LogP contribution in [-0.4, -0.2) is 50.5 Å². The summed E-state index contributed by atoms with van der Waals surface area (Å²) >= 11 is 0. The van der Waals surface area contributed by atoms with E-state index in [9.17, 15) is 13.2 Å². The number of aliphatic imine (C=N–C) groups is 1. The summed E-state index contributed by atoms with van der Waals surface area (Å²) in [6.45, 7) is 5.34. The predicted molar refractivity (Wildman–Crippen MR) is 110 cm³/mol. The molecule has 1 heterocycles. The molecule has 0 aliphatic carbocycles. The van der Waals surface area contributed by atoms with E-state index in [1.54, 1.807) is 13.1 Å². The van der Waals surface area contributed by atoms with E-state index in [-0.39, 0.29) is 29.9 Å². The predicted octanol–water partition coefficient (Wildman–Crippen LogP) is 3.37. The summed E-state index contributed by atoms with van der Waals surface area (Å²) in [6.07, 6.45) is -2.14. The minimum Gasteiger partial charge on any atom is -0.468 e. The fourth-order valence-electron chi connectivity index (χ4n) is 1.90. The number of nitrogens with zero attached hydrogens (tertiary/aromatic N) is 2. The number of hydrogen-bond donors (Lipinski definition) is 2. The maximum absolute atomic E-state index is 12.2. The smallest absolute Gasteiger partial charge is 0.422 e. The normalized spacial score (nSPS) is 11.9. The van der Waals surface area contributed by atoms with Crippen molar-refractivity contribution in [2.45, 2.75) is 33.0 Å². The van der Waals surface area contributed by atoms with E-state index in [0.717, 1.165) is 18.6 Å². The third-order valence-electron chi connectivity index (χ3n) is 3.08. The minimum atomic E-state index is -4.39. The van der Waals surface area contributed by atoms with E-state index in [1.165, 1.54) is 12.3 Å². The molecule has 156 valence electrons. The van der Waals surface area contributed by atoms with Gasteiger partial charge in [-0.3, -0.25) is 4.99 Å². The number of rotatable bonds is 10. The fourth-order valence-corrected chi connectivity index (χ4v) is 1.90. The molecule has 0 spiro atoms. The summed E-state index contributed by atoms with van der Waals surface area (Å²) in [5.41, 5.74) is 0.736. The summed E-state index contributed by atoms with van der Waals surface area (Å²) in [6, 6.07) is 3.16. The molecule has 0 aliphatic rings. The maximum atomic E-state index is 12.2. The molecule has 0 radical (unpaired) electrons. The van der Waals surface area contributed by atoms with Crippen molar-refractivity contribution in [3.8, 4) is 5.88 Å². The Kier molecular flexibility index (Phi) is 13.1. The third-order valence-corrected chi connectivity index (χ3v) is 3.08. The van der Waals surface area contributed by atoms with Crippen LogP contribution in [0.5, 0.6) is 5.88 Å². The molecule has 1 aromatic rings. The highest BCUT2D eigenvalue weighted by Crippen LogP contribution is 2.17. The van der Waals surface area contributed by atoms with Crippen LogP contribution in [0.3, 0.4) is 0 Å². The van der Waals surface area contributed by atoms with Crippen LogP contribution in [-0.2, 0) is 11.3 Å². The maximum Gasteiger partial charge on any atom is 0.422 e. The van der Waals surface area contributed by atoms with Gasteiger partial charge in [-0.1, -0.05) is 13.8 Å². The number of hydrogen-bond acceptors (Lipinski definition) is 4. The zero-order valence-corrected chi connectivity index (χ0v) is 18.1. The van der Waals surface area contributed by atoms with Gasteiger partial charge in [-0.2, -0.15) is 13.2 Å². The standard InChI is InChI=1S/C17H27F3N4O2.HI/c1-13(2)11-25-8-4-6-23-16(21-3)24-10-14-5-7-22-15(9-14)26-12-17(18,19)20;/h5,7,9,13H,4,6,8,10-12H2,1-3H3,(H2,21,23,24);1H. The van der Waals surface area contributed by atoms with Crippen molar-refractivity contribution >= 4 is 29.9 Å². The Morgan fingerprint density at radius 1 is 1.30 bits per heavy atom. The fraction of sp³-hybridized carbons (Fsp3) is 0.647. The molecular weight excluding hydrogens is 476 g/mol. The quantitative estimate of drug-likeness (QED) is 0.222. The van der Waals surface area contributed by atoms with Crippen LogP contribution < -0.4 is 15.4 Å². The van der Waals surface area contributed by atoms with Crippen molar-refractivity contribution in [3.05, 3.63) is 23.9 Å². The third kappa shape index (κ3) is 13.5. The highest BCUT2D eigenvalue weighted by Gasteiger charge is 2.28. The van der Waals surface area contributed by atoms with Gasteiger partial charge in [0.2, 0.25) is 5.88 Å². The van der Waals surface area contributed by atoms with Gasteiger partial charge < -0.3 is 20.1 Å². The van der Waals surface area contributed by atoms with E-state index in [2.05, 4.69) is 39.2 Å². The Morgan fingerprint density at radius 3 is 2.67 bits per heavy atom. The lowest BCUT2D eigenvalue weighted by Crippen LogP contribution is -2.37. The highest BCUT2D eigenvalue weighted by molar-refractivity contribution is 14.0. The summed E-state index contributed by atoms with van der Waals surface area (Å²) in [5, 5.41) is 6.24. The van der Waals surface area contributed by atoms with E-state index in [4.69, 9.17) is 4.74 Å². The molecule has 0 aromatic carbocycles. The molecule has 0 unspecified atom stereocenters. The van der Waals surface area contributed by atoms with Gasteiger partial charge in [-0.05, 0) is 24.0 Å². The van der Waals surface area contributed by atoms with Crippen molar-refractivity contribution in [2.75, 3.05) is 33.4 Å². The molecule has 0 fully saturated rings. The SMILES string of the molecule is CN=C(NCCCOCC(C)C)NCc1ccnc(OCC(F)(F)F)c1.I. The average Bonchev–Trinajstić information content (AvgIpc) is 2.58. The van der Waals surface area contributed by atoms with E-state index >= 15 is 0 Å². The minimum absolute atomic E-state index is 0. The lowest BCUT2D eigenvalue weighted by molar-refractivity contribution is -0.154. The number of guanidine groups is 1. The molecule has 6 nitrogen and oxygen atoms in total. The molecule has 0 atom stereocenters. The topological polar surface area (TPSA) is 67.8 Å². The molecule has 0 amide bonds. The average molecular weight is 504 g/mol. The first-order chi connectivity index (χ1) is 12.3.